The quantitative estimate of drug-likeness (QED) is 0.890. The Balaban J connectivity index is 2.19. The van der Waals surface area contributed by atoms with Crippen LogP contribution in [-0.2, 0) is 0 Å². The molecule has 2 rings (SSSR count). The number of nitrogens with one attached hydrogen (secondary N) is 1. The topological polar surface area (TPSA) is 49.3 Å². The summed E-state index contributed by atoms with van der Waals surface area (Å²) in [6, 6.07) is 11.1. The van der Waals surface area contributed by atoms with Crippen molar-refractivity contribution < 1.29 is 14.3 Å². The molecule has 0 aliphatic rings. The lowest BCUT2D eigenvalue weighted by Crippen LogP contribution is -2.14. The summed E-state index contributed by atoms with van der Waals surface area (Å²) in [4.78, 5) is 12.0. The monoisotopic (exact) mass is 273 g/mol. The van der Waals surface area contributed by atoms with E-state index in [0.717, 1.165) is 11.6 Å². The average Bonchev–Trinajstić information content (AvgIpc) is 2.39. The SMILES string of the molecule is CC(C)c1ccc(NC(=O)c2c(O)cccc2F)cc1. The third-order valence-electron chi connectivity index (χ3n) is 3.05. The van der Waals surface area contributed by atoms with E-state index >= 15 is 0 Å². The fraction of sp³-hybridized carbons (Fsp3) is 0.188. The molecule has 3 nitrogen and oxygen atoms in total. The third-order valence-corrected chi connectivity index (χ3v) is 3.05. The maximum atomic E-state index is 13.6. The number of phenolic OH excluding ortho intramolecular Hbond substituents is 1. The van der Waals surface area contributed by atoms with Crippen LogP contribution in [0.1, 0.15) is 35.7 Å². The maximum Gasteiger partial charge on any atom is 0.262 e. The van der Waals surface area contributed by atoms with E-state index in [1.807, 2.05) is 12.1 Å². The molecule has 2 N–H and O–H groups in total. The Morgan fingerprint density at radius 3 is 2.35 bits per heavy atom. The first-order chi connectivity index (χ1) is 9.49. The number of benzene rings is 2. The summed E-state index contributed by atoms with van der Waals surface area (Å²) in [5.74, 6) is -1.39. The van der Waals surface area contributed by atoms with Gasteiger partial charge in [0.05, 0.1) is 0 Å². The Labute approximate surface area is 117 Å². The molecule has 0 radical (unpaired) electrons. The van der Waals surface area contributed by atoms with Crippen LogP contribution in [0.2, 0.25) is 0 Å². The molecule has 0 saturated carbocycles. The van der Waals surface area contributed by atoms with Gasteiger partial charge < -0.3 is 10.4 Å². The van der Waals surface area contributed by atoms with E-state index in [4.69, 9.17) is 0 Å². The summed E-state index contributed by atoms with van der Waals surface area (Å²) in [6.45, 7) is 4.15. The number of hydrogen-bond donors (Lipinski definition) is 2. The number of anilines is 1. The second kappa shape index (κ2) is 5.74. The van der Waals surface area contributed by atoms with Crippen molar-refractivity contribution in [2.45, 2.75) is 19.8 Å². The van der Waals surface area contributed by atoms with Gasteiger partial charge in [-0.05, 0) is 35.7 Å². The lowest BCUT2D eigenvalue weighted by atomic mass is 10.0. The van der Waals surface area contributed by atoms with E-state index in [2.05, 4.69) is 19.2 Å². The highest BCUT2D eigenvalue weighted by Gasteiger charge is 2.16. The normalized spacial score (nSPS) is 10.6. The van der Waals surface area contributed by atoms with Crippen molar-refractivity contribution >= 4 is 11.6 Å². The molecule has 20 heavy (non-hydrogen) atoms. The first-order valence-corrected chi connectivity index (χ1v) is 6.38. The zero-order valence-electron chi connectivity index (χ0n) is 11.4. The Hall–Kier alpha value is -2.36. The van der Waals surface area contributed by atoms with Crippen LogP contribution in [0.5, 0.6) is 5.75 Å². The molecule has 0 aliphatic heterocycles. The zero-order valence-corrected chi connectivity index (χ0v) is 11.4. The minimum absolute atomic E-state index is 0.347. The molecular weight excluding hydrogens is 257 g/mol. The molecule has 0 heterocycles. The molecule has 0 saturated heterocycles. The summed E-state index contributed by atoms with van der Waals surface area (Å²) < 4.78 is 13.6. The predicted octanol–water partition coefficient (Wildman–Crippen LogP) is 3.91. The average molecular weight is 273 g/mol. The number of amides is 1. The van der Waals surface area contributed by atoms with Gasteiger partial charge in [-0.15, -0.1) is 0 Å². The van der Waals surface area contributed by atoms with Gasteiger partial charge >= 0.3 is 0 Å². The molecule has 0 unspecified atom stereocenters. The van der Waals surface area contributed by atoms with Gasteiger partial charge in [0.1, 0.15) is 17.1 Å². The number of halogens is 1. The third kappa shape index (κ3) is 2.96. The molecule has 2 aromatic carbocycles. The highest BCUT2D eigenvalue weighted by atomic mass is 19.1. The predicted molar refractivity (Wildman–Crippen MR) is 76.5 cm³/mol. The van der Waals surface area contributed by atoms with Gasteiger partial charge in [0.15, 0.2) is 0 Å². The van der Waals surface area contributed by atoms with Crippen LogP contribution in [-0.4, -0.2) is 11.0 Å². The lowest BCUT2D eigenvalue weighted by Gasteiger charge is -2.09. The Morgan fingerprint density at radius 1 is 1.15 bits per heavy atom. The van der Waals surface area contributed by atoms with Crippen LogP contribution < -0.4 is 5.32 Å². The van der Waals surface area contributed by atoms with E-state index < -0.39 is 11.7 Å². The highest BCUT2D eigenvalue weighted by Crippen LogP contribution is 2.22. The van der Waals surface area contributed by atoms with Gasteiger partial charge in [-0.25, -0.2) is 4.39 Å². The number of carbonyl (C=O) groups is 1. The molecule has 1 amide bonds. The lowest BCUT2D eigenvalue weighted by molar-refractivity contribution is 0.102. The van der Waals surface area contributed by atoms with Crippen molar-refractivity contribution in [2.75, 3.05) is 5.32 Å². The molecule has 2 aromatic rings. The van der Waals surface area contributed by atoms with Crippen molar-refractivity contribution in [1.29, 1.82) is 0 Å². The number of carbonyl (C=O) groups excluding carboxylic acids is 1. The highest BCUT2D eigenvalue weighted by molar-refractivity contribution is 6.06. The van der Waals surface area contributed by atoms with Crippen LogP contribution in [0.4, 0.5) is 10.1 Å². The second-order valence-corrected chi connectivity index (χ2v) is 4.86. The number of phenols is 1. The Bertz CT molecular complexity index is 601. The van der Waals surface area contributed by atoms with Crippen LogP contribution in [0.15, 0.2) is 42.5 Å². The molecule has 104 valence electrons. The van der Waals surface area contributed by atoms with Gasteiger partial charge in [0.25, 0.3) is 5.91 Å². The molecule has 0 aromatic heterocycles. The molecule has 0 fully saturated rings. The van der Waals surface area contributed by atoms with Crippen LogP contribution >= 0.6 is 0 Å². The molecule has 0 bridgehead atoms. The first-order valence-electron chi connectivity index (χ1n) is 6.38. The van der Waals surface area contributed by atoms with E-state index in [0.29, 0.717) is 11.6 Å². The summed E-state index contributed by atoms with van der Waals surface area (Å²) in [5, 5.41) is 12.1. The minimum Gasteiger partial charge on any atom is -0.507 e. The summed E-state index contributed by atoms with van der Waals surface area (Å²) in [6.07, 6.45) is 0. The standard InChI is InChI=1S/C16H16FNO2/c1-10(2)11-6-8-12(9-7-11)18-16(20)15-13(17)4-3-5-14(15)19/h3-10,19H,1-2H3,(H,18,20). The Kier molecular flexibility index (Phi) is 4.03. The summed E-state index contributed by atoms with van der Waals surface area (Å²) in [5.41, 5.74) is 1.36. The smallest absolute Gasteiger partial charge is 0.262 e. The van der Waals surface area contributed by atoms with Gasteiger partial charge in [-0.3, -0.25) is 4.79 Å². The Morgan fingerprint density at radius 2 is 1.80 bits per heavy atom. The summed E-state index contributed by atoms with van der Waals surface area (Å²) in [7, 11) is 0. The fourth-order valence-corrected chi connectivity index (χ4v) is 1.88. The number of hydrogen-bond acceptors (Lipinski definition) is 2. The van der Waals surface area contributed by atoms with E-state index in [9.17, 15) is 14.3 Å². The van der Waals surface area contributed by atoms with E-state index in [1.54, 1.807) is 12.1 Å². The molecule has 0 aliphatic carbocycles. The second-order valence-electron chi connectivity index (χ2n) is 4.86. The molecule has 0 spiro atoms. The number of rotatable bonds is 3. The summed E-state index contributed by atoms with van der Waals surface area (Å²) >= 11 is 0. The van der Waals surface area contributed by atoms with Crippen molar-refractivity contribution in [3.63, 3.8) is 0 Å². The van der Waals surface area contributed by atoms with Gasteiger partial charge in [-0.1, -0.05) is 32.0 Å². The van der Waals surface area contributed by atoms with Crippen molar-refractivity contribution in [2.24, 2.45) is 0 Å². The molecule has 4 heteroatoms. The van der Waals surface area contributed by atoms with E-state index in [1.165, 1.54) is 12.1 Å². The maximum absolute atomic E-state index is 13.6. The van der Waals surface area contributed by atoms with Crippen LogP contribution in [0.3, 0.4) is 0 Å². The fourth-order valence-electron chi connectivity index (χ4n) is 1.88. The minimum atomic E-state index is -0.749. The van der Waals surface area contributed by atoms with Gasteiger partial charge in [-0.2, -0.15) is 0 Å². The van der Waals surface area contributed by atoms with Crippen molar-refractivity contribution in [3.8, 4) is 5.75 Å². The van der Waals surface area contributed by atoms with Crippen LogP contribution in [0.25, 0.3) is 0 Å². The molecule has 0 atom stereocenters. The van der Waals surface area contributed by atoms with Crippen molar-refractivity contribution in [3.05, 3.63) is 59.4 Å². The molecular formula is C16H16FNO2. The van der Waals surface area contributed by atoms with Crippen molar-refractivity contribution in [1.82, 2.24) is 0 Å². The van der Waals surface area contributed by atoms with Gasteiger partial charge in [0.2, 0.25) is 0 Å². The number of aromatic hydroxyl groups is 1. The van der Waals surface area contributed by atoms with E-state index in [-0.39, 0.29) is 11.3 Å². The zero-order chi connectivity index (χ0) is 14.7. The largest absolute Gasteiger partial charge is 0.507 e. The van der Waals surface area contributed by atoms with Crippen LogP contribution in [0, 0.1) is 5.82 Å². The first kappa shape index (κ1) is 14.1. The van der Waals surface area contributed by atoms with Gasteiger partial charge in [0, 0.05) is 5.69 Å².